The standard InChI is InChI=1S/C32H30FN3O3S/c1-4-39-31(38)28-29(23-8-6-5-7-9-23)35-32-36(30(28)26-16-20(2)10-11-21(26)3)25(19-40-32)17-27(37)34-18-22-12-14-24(33)15-13-22/h5-16,19,30H,4,17-18H2,1-3H3,(H,34,37). The Balaban J connectivity index is 1.54. The Hall–Kier alpha value is -4.17. The number of esters is 1. The van der Waals surface area contributed by atoms with E-state index in [1.165, 1.54) is 23.9 Å². The molecule has 3 aromatic rings. The number of hydrogen-bond donors (Lipinski definition) is 1. The van der Waals surface area contributed by atoms with Crippen LogP contribution in [-0.2, 0) is 20.9 Å². The van der Waals surface area contributed by atoms with Gasteiger partial charge in [0.25, 0.3) is 0 Å². The maximum atomic E-state index is 13.7. The third-order valence-electron chi connectivity index (χ3n) is 6.83. The molecule has 0 fully saturated rings. The number of halogens is 1. The van der Waals surface area contributed by atoms with Crippen molar-refractivity contribution in [3.63, 3.8) is 0 Å². The van der Waals surface area contributed by atoms with Crippen molar-refractivity contribution in [2.75, 3.05) is 6.61 Å². The molecule has 0 aromatic heterocycles. The summed E-state index contributed by atoms with van der Waals surface area (Å²) in [6.45, 7) is 6.34. The van der Waals surface area contributed by atoms with Crippen molar-refractivity contribution in [3.8, 4) is 0 Å². The number of hydrogen-bond acceptors (Lipinski definition) is 6. The predicted octanol–water partition coefficient (Wildman–Crippen LogP) is 6.42. The zero-order valence-corrected chi connectivity index (χ0v) is 23.4. The van der Waals surface area contributed by atoms with Gasteiger partial charge in [-0.15, -0.1) is 0 Å². The highest BCUT2D eigenvalue weighted by molar-refractivity contribution is 8.16. The smallest absolute Gasteiger partial charge is 0.338 e. The van der Waals surface area contributed by atoms with Gasteiger partial charge in [-0.3, -0.25) is 4.79 Å². The molecule has 0 bridgehead atoms. The molecule has 0 saturated heterocycles. The molecule has 8 heteroatoms. The summed E-state index contributed by atoms with van der Waals surface area (Å²) in [5.74, 6) is -0.947. The second-order valence-electron chi connectivity index (χ2n) is 9.68. The average Bonchev–Trinajstić information content (AvgIpc) is 3.35. The lowest BCUT2D eigenvalue weighted by Gasteiger charge is -2.37. The number of fused-ring (bicyclic) bond motifs is 1. The third-order valence-corrected chi connectivity index (χ3v) is 7.72. The van der Waals surface area contributed by atoms with Crippen molar-refractivity contribution in [1.29, 1.82) is 0 Å². The van der Waals surface area contributed by atoms with Crippen LogP contribution in [0.5, 0.6) is 0 Å². The molecule has 0 radical (unpaired) electrons. The van der Waals surface area contributed by atoms with Crippen LogP contribution in [0.3, 0.4) is 0 Å². The molecular weight excluding hydrogens is 525 g/mol. The lowest BCUT2D eigenvalue weighted by Crippen LogP contribution is -2.38. The monoisotopic (exact) mass is 555 g/mol. The normalized spacial score (nSPS) is 16.3. The molecule has 1 N–H and O–H groups in total. The summed E-state index contributed by atoms with van der Waals surface area (Å²) in [6.07, 6.45) is 0.0886. The van der Waals surface area contributed by atoms with Gasteiger partial charge in [-0.1, -0.05) is 78.0 Å². The Kier molecular flexibility index (Phi) is 8.16. The van der Waals surface area contributed by atoms with Gasteiger partial charge < -0.3 is 15.0 Å². The van der Waals surface area contributed by atoms with Crippen molar-refractivity contribution < 1.29 is 18.7 Å². The summed E-state index contributed by atoms with van der Waals surface area (Å²) < 4.78 is 18.9. The third kappa shape index (κ3) is 5.72. The summed E-state index contributed by atoms with van der Waals surface area (Å²) in [5.41, 5.74) is 6.39. The molecule has 2 aliphatic rings. The van der Waals surface area contributed by atoms with E-state index >= 15 is 0 Å². The summed E-state index contributed by atoms with van der Waals surface area (Å²) >= 11 is 1.43. The Bertz CT molecular complexity index is 1530. The lowest BCUT2D eigenvalue weighted by atomic mass is 9.88. The minimum absolute atomic E-state index is 0.0886. The zero-order valence-electron chi connectivity index (χ0n) is 22.6. The fourth-order valence-electron chi connectivity index (χ4n) is 4.87. The molecule has 0 saturated carbocycles. The molecule has 0 aliphatic carbocycles. The van der Waals surface area contributed by atoms with Gasteiger partial charge in [0, 0.05) is 17.8 Å². The Labute approximate surface area is 237 Å². The number of carbonyl (C=O) groups excluding carboxylic acids is 2. The first kappa shape index (κ1) is 27.4. The number of amides is 1. The molecule has 1 atom stereocenters. The number of carbonyl (C=O) groups is 2. The van der Waals surface area contributed by atoms with Crippen LogP contribution in [0.25, 0.3) is 5.70 Å². The number of ether oxygens (including phenoxy) is 1. The Morgan fingerprint density at radius 2 is 1.80 bits per heavy atom. The maximum Gasteiger partial charge on any atom is 0.338 e. The molecule has 1 amide bonds. The van der Waals surface area contributed by atoms with Gasteiger partial charge in [-0.2, -0.15) is 0 Å². The minimum atomic E-state index is -0.534. The van der Waals surface area contributed by atoms with E-state index in [9.17, 15) is 14.0 Å². The van der Waals surface area contributed by atoms with E-state index in [2.05, 4.69) is 11.4 Å². The van der Waals surface area contributed by atoms with E-state index in [1.54, 1.807) is 19.1 Å². The van der Waals surface area contributed by atoms with Crippen LogP contribution in [0.2, 0.25) is 0 Å². The van der Waals surface area contributed by atoms with Crippen molar-refractivity contribution in [2.45, 2.75) is 39.8 Å². The molecule has 5 rings (SSSR count). The predicted molar refractivity (Wildman–Crippen MR) is 156 cm³/mol. The van der Waals surface area contributed by atoms with E-state index in [0.717, 1.165) is 33.5 Å². The van der Waals surface area contributed by atoms with E-state index < -0.39 is 12.0 Å². The van der Waals surface area contributed by atoms with Crippen molar-refractivity contribution in [3.05, 3.63) is 123 Å². The van der Waals surface area contributed by atoms with Crippen LogP contribution in [0, 0.1) is 19.7 Å². The van der Waals surface area contributed by atoms with Crippen LogP contribution in [0.1, 0.15) is 47.2 Å². The summed E-state index contributed by atoms with van der Waals surface area (Å²) in [6, 6.07) is 21.3. The second kappa shape index (κ2) is 11.9. The fraction of sp³-hybridized carbons (Fsp3) is 0.219. The number of aliphatic imine (C=N–C) groups is 1. The van der Waals surface area contributed by atoms with E-state index in [4.69, 9.17) is 9.73 Å². The largest absolute Gasteiger partial charge is 0.463 e. The molecule has 6 nitrogen and oxygen atoms in total. The van der Waals surface area contributed by atoms with E-state index in [0.29, 0.717) is 16.4 Å². The highest BCUT2D eigenvalue weighted by Gasteiger charge is 2.42. The number of thioether (sulfide) groups is 1. The van der Waals surface area contributed by atoms with Crippen LogP contribution in [0.15, 0.2) is 94.5 Å². The molecule has 0 spiro atoms. The van der Waals surface area contributed by atoms with Crippen molar-refractivity contribution >= 4 is 34.5 Å². The molecular formula is C32H30FN3O3S. The number of nitrogens with zero attached hydrogens (tertiary/aromatic N) is 2. The minimum Gasteiger partial charge on any atom is -0.463 e. The number of aryl methyl sites for hydroxylation is 2. The SMILES string of the molecule is CCOC(=O)C1=C(c2ccccc2)N=C2SC=C(CC(=O)NCc3ccc(F)cc3)N2C1c1cc(C)ccc1C. The fourth-order valence-corrected chi connectivity index (χ4v) is 5.79. The number of amidine groups is 1. The first-order chi connectivity index (χ1) is 19.4. The summed E-state index contributed by atoms with van der Waals surface area (Å²) in [4.78, 5) is 33.7. The summed E-state index contributed by atoms with van der Waals surface area (Å²) in [5, 5.41) is 5.54. The van der Waals surface area contributed by atoms with Crippen LogP contribution < -0.4 is 5.32 Å². The van der Waals surface area contributed by atoms with E-state index in [-0.39, 0.29) is 31.3 Å². The highest BCUT2D eigenvalue weighted by Crippen LogP contribution is 2.47. The van der Waals surface area contributed by atoms with Crippen LogP contribution in [-0.4, -0.2) is 28.6 Å². The lowest BCUT2D eigenvalue weighted by molar-refractivity contribution is -0.139. The molecule has 1 unspecified atom stereocenters. The van der Waals surface area contributed by atoms with Gasteiger partial charge in [0.15, 0.2) is 5.17 Å². The summed E-state index contributed by atoms with van der Waals surface area (Å²) in [7, 11) is 0. The number of rotatable bonds is 8. The van der Waals surface area contributed by atoms with Gasteiger partial charge in [0.05, 0.1) is 30.3 Å². The Morgan fingerprint density at radius 3 is 2.52 bits per heavy atom. The Morgan fingerprint density at radius 1 is 1.05 bits per heavy atom. The second-order valence-corrected chi connectivity index (χ2v) is 10.5. The van der Waals surface area contributed by atoms with Crippen molar-refractivity contribution in [1.82, 2.24) is 10.2 Å². The van der Waals surface area contributed by atoms with Gasteiger partial charge in [0.1, 0.15) is 5.82 Å². The molecule has 204 valence electrons. The van der Waals surface area contributed by atoms with Crippen molar-refractivity contribution in [2.24, 2.45) is 4.99 Å². The highest BCUT2D eigenvalue weighted by atomic mass is 32.2. The molecule has 2 aliphatic heterocycles. The van der Waals surface area contributed by atoms with Gasteiger partial charge in [-0.05, 0) is 55.0 Å². The topological polar surface area (TPSA) is 71.0 Å². The molecule has 40 heavy (non-hydrogen) atoms. The quantitative estimate of drug-likeness (QED) is 0.325. The van der Waals surface area contributed by atoms with Gasteiger partial charge in [-0.25, -0.2) is 14.2 Å². The van der Waals surface area contributed by atoms with Gasteiger partial charge in [0.2, 0.25) is 5.91 Å². The van der Waals surface area contributed by atoms with E-state index in [1.807, 2.05) is 66.6 Å². The zero-order chi connectivity index (χ0) is 28.2. The first-order valence-corrected chi connectivity index (χ1v) is 14.0. The number of benzene rings is 3. The first-order valence-electron chi connectivity index (χ1n) is 13.1. The molecule has 3 aromatic carbocycles. The number of nitrogens with one attached hydrogen (secondary N) is 1. The maximum absolute atomic E-state index is 13.7. The average molecular weight is 556 g/mol. The molecule has 2 heterocycles. The van der Waals surface area contributed by atoms with Gasteiger partial charge >= 0.3 is 5.97 Å². The van der Waals surface area contributed by atoms with Crippen LogP contribution in [0.4, 0.5) is 4.39 Å². The van der Waals surface area contributed by atoms with Crippen LogP contribution >= 0.6 is 11.8 Å².